The summed E-state index contributed by atoms with van der Waals surface area (Å²) in [5, 5.41) is 9.20. The van der Waals surface area contributed by atoms with Crippen molar-refractivity contribution in [1.29, 1.82) is 0 Å². The van der Waals surface area contributed by atoms with Crippen molar-refractivity contribution >= 4 is 22.7 Å². The van der Waals surface area contributed by atoms with Gasteiger partial charge in [-0.25, -0.2) is 4.98 Å². The molecule has 5 heteroatoms. The summed E-state index contributed by atoms with van der Waals surface area (Å²) in [6, 6.07) is 10.6. The topological polar surface area (TPSA) is 34.1 Å². The molecule has 0 fully saturated rings. The van der Waals surface area contributed by atoms with E-state index in [1.165, 1.54) is 21.0 Å². The molecule has 2 aromatic heterocycles. The molecule has 0 saturated carbocycles. The summed E-state index contributed by atoms with van der Waals surface area (Å²) in [6.45, 7) is 5.04. The van der Waals surface area contributed by atoms with Crippen LogP contribution < -0.4 is 10.1 Å². The van der Waals surface area contributed by atoms with Gasteiger partial charge < -0.3 is 10.1 Å². The summed E-state index contributed by atoms with van der Waals surface area (Å²) in [5.74, 6) is 0.889. The van der Waals surface area contributed by atoms with E-state index in [1.54, 1.807) is 29.8 Å². The summed E-state index contributed by atoms with van der Waals surface area (Å²) < 4.78 is 5.22. The van der Waals surface area contributed by atoms with E-state index in [9.17, 15) is 0 Å². The zero-order valence-electron chi connectivity index (χ0n) is 14.2. The number of rotatable bonds is 7. The average Bonchev–Trinajstić information content (AvgIpc) is 3.22. The van der Waals surface area contributed by atoms with E-state index < -0.39 is 0 Å². The Kier molecular flexibility index (Phi) is 5.66. The predicted octanol–water partition coefficient (Wildman–Crippen LogP) is 4.90. The van der Waals surface area contributed by atoms with Gasteiger partial charge in [-0.05, 0) is 60.4 Å². The third-order valence-electron chi connectivity index (χ3n) is 4.07. The summed E-state index contributed by atoms with van der Waals surface area (Å²) in [4.78, 5) is 6.07. The normalized spacial score (nSPS) is 12.3. The second-order valence-corrected chi connectivity index (χ2v) is 7.83. The Morgan fingerprint density at radius 2 is 1.92 bits per heavy atom. The highest BCUT2D eigenvalue weighted by Gasteiger charge is 2.17. The van der Waals surface area contributed by atoms with Crippen LogP contribution in [0.4, 0.5) is 0 Å². The lowest BCUT2D eigenvalue weighted by molar-refractivity contribution is 0.414. The lowest BCUT2D eigenvalue weighted by Crippen LogP contribution is -2.22. The molecule has 0 saturated heterocycles. The van der Waals surface area contributed by atoms with Gasteiger partial charge in [-0.15, -0.1) is 11.3 Å². The standard InChI is InChI=1S/C19H22N2OS2/c1-13-14(2)24-19(21-13)18(10-16-8-9-23-12-16)20-11-15-4-6-17(22-3)7-5-15/h4-9,12,18,20H,10-11H2,1-3H3/t18-/m1/s1. The fourth-order valence-electron chi connectivity index (χ4n) is 2.52. The fourth-order valence-corrected chi connectivity index (χ4v) is 4.20. The molecule has 24 heavy (non-hydrogen) atoms. The molecule has 3 aromatic rings. The van der Waals surface area contributed by atoms with Crippen LogP contribution in [0.25, 0.3) is 0 Å². The van der Waals surface area contributed by atoms with E-state index in [-0.39, 0.29) is 6.04 Å². The minimum Gasteiger partial charge on any atom is -0.497 e. The third kappa shape index (κ3) is 4.23. The largest absolute Gasteiger partial charge is 0.497 e. The number of ether oxygens (including phenoxy) is 1. The van der Waals surface area contributed by atoms with Gasteiger partial charge in [-0.3, -0.25) is 0 Å². The maximum atomic E-state index is 5.22. The van der Waals surface area contributed by atoms with Crippen LogP contribution in [0.3, 0.4) is 0 Å². The van der Waals surface area contributed by atoms with Gasteiger partial charge in [-0.2, -0.15) is 11.3 Å². The van der Waals surface area contributed by atoms with Crippen LogP contribution in [0, 0.1) is 13.8 Å². The highest BCUT2D eigenvalue weighted by Crippen LogP contribution is 2.26. The number of nitrogens with one attached hydrogen (secondary N) is 1. The van der Waals surface area contributed by atoms with Gasteiger partial charge in [0.2, 0.25) is 0 Å². The summed E-state index contributed by atoms with van der Waals surface area (Å²) >= 11 is 3.54. The molecule has 1 aromatic carbocycles. The van der Waals surface area contributed by atoms with Crippen molar-refractivity contribution in [1.82, 2.24) is 10.3 Å². The van der Waals surface area contributed by atoms with E-state index in [4.69, 9.17) is 9.72 Å². The molecule has 0 spiro atoms. The third-order valence-corrected chi connectivity index (χ3v) is 5.99. The van der Waals surface area contributed by atoms with E-state index >= 15 is 0 Å². The maximum absolute atomic E-state index is 5.22. The summed E-state index contributed by atoms with van der Waals surface area (Å²) in [6.07, 6.45) is 0.964. The summed E-state index contributed by atoms with van der Waals surface area (Å²) in [7, 11) is 1.69. The molecule has 1 atom stereocenters. The minimum absolute atomic E-state index is 0.235. The first-order valence-electron chi connectivity index (χ1n) is 7.97. The molecule has 0 unspecified atom stereocenters. The quantitative estimate of drug-likeness (QED) is 0.652. The number of thiazole rings is 1. The van der Waals surface area contributed by atoms with Crippen LogP contribution >= 0.6 is 22.7 Å². The molecule has 0 aliphatic rings. The predicted molar refractivity (Wildman–Crippen MR) is 102 cm³/mol. The van der Waals surface area contributed by atoms with Crippen molar-refractivity contribution in [2.24, 2.45) is 0 Å². The van der Waals surface area contributed by atoms with Crippen molar-refractivity contribution in [3.63, 3.8) is 0 Å². The zero-order chi connectivity index (χ0) is 16.9. The van der Waals surface area contributed by atoms with Crippen LogP contribution in [-0.2, 0) is 13.0 Å². The van der Waals surface area contributed by atoms with Gasteiger partial charge in [0.25, 0.3) is 0 Å². The Labute approximate surface area is 151 Å². The Morgan fingerprint density at radius 3 is 2.50 bits per heavy atom. The molecule has 3 rings (SSSR count). The summed E-state index contributed by atoms with van der Waals surface area (Å²) in [5.41, 5.74) is 3.74. The Hall–Kier alpha value is -1.69. The highest BCUT2D eigenvalue weighted by atomic mass is 32.1. The molecule has 0 aliphatic heterocycles. The van der Waals surface area contributed by atoms with Crippen molar-refractivity contribution in [2.45, 2.75) is 32.9 Å². The highest BCUT2D eigenvalue weighted by molar-refractivity contribution is 7.11. The first-order chi connectivity index (χ1) is 11.7. The Morgan fingerprint density at radius 1 is 1.12 bits per heavy atom. The first-order valence-corrected chi connectivity index (χ1v) is 9.73. The number of thiophene rings is 1. The van der Waals surface area contributed by atoms with Gasteiger partial charge in [-0.1, -0.05) is 12.1 Å². The van der Waals surface area contributed by atoms with Gasteiger partial charge in [0.1, 0.15) is 10.8 Å². The van der Waals surface area contributed by atoms with Crippen molar-refractivity contribution in [3.8, 4) is 5.75 Å². The second-order valence-electron chi connectivity index (χ2n) is 5.81. The van der Waals surface area contributed by atoms with Crippen LogP contribution in [-0.4, -0.2) is 12.1 Å². The average molecular weight is 359 g/mol. The van der Waals surface area contributed by atoms with Crippen LogP contribution in [0.5, 0.6) is 5.75 Å². The number of hydrogen-bond acceptors (Lipinski definition) is 5. The number of nitrogens with zero attached hydrogens (tertiary/aromatic N) is 1. The van der Waals surface area contributed by atoms with Crippen LogP contribution in [0.1, 0.15) is 32.7 Å². The molecular formula is C19H22N2OS2. The zero-order valence-corrected chi connectivity index (χ0v) is 15.8. The smallest absolute Gasteiger partial charge is 0.118 e. The number of benzene rings is 1. The molecule has 0 aliphatic carbocycles. The van der Waals surface area contributed by atoms with Gasteiger partial charge in [0.05, 0.1) is 18.8 Å². The lowest BCUT2D eigenvalue weighted by Gasteiger charge is -2.16. The van der Waals surface area contributed by atoms with Crippen molar-refractivity contribution in [2.75, 3.05) is 7.11 Å². The number of aromatic nitrogens is 1. The van der Waals surface area contributed by atoms with E-state index in [0.29, 0.717) is 0 Å². The molecule has 0 radical (unpaired) electrons. The molecule has 1 N–H and O–H groups in total. The number of aryl methyl sites for hydroxylation is 2. The second kappa shape index (κ2) is 7.92. The Balaban J connectivity index is 1.73. The molecule has 3 nitrogen and oxygen atoms in total. The SMILES string of the molecule is COc1ccc(CN[C@H](Cc2ccsc2)c2nc(C)c(C)s2)cc1. The molecule has 2 heterocycles. The maximum Gasteiger partial charge on any atom is 0.118 e. The number of methoxy groups -OCH3 is 1. The van der Waals surface area contributed by atoms with Gasteiger partial charge in [0, 0.05) is 11.4 Å². The molecule has 0 bridgehead atoms. The van der Waals surface area contributed by atoms with E-state index in [0.717, 1.165) is 24.4 Å². The number of hydrogen-bond donors (Lipinski definition) is 1. The van der Waals surface area contributed by atoms with Crippen molar-refractivity contribution < 1.29 is 4.74 Å². The van der Waals surface area contributed by atoms with Crippen LogP contribution in [0.15, 0.2) is 41.1 Å². The lowest BCUT2D eigenvalue weighted by atomic mass is 10.1. The minimum atomic E-state index is 0.235. The van der Waals surface area contributed by atoms with E-state index in [1.807, 2.05) is 12.1 Å². The van der Waals surface area contributed by atoms with Gasteiger partial charge in [0.15, 0.2) is 0 Å². The van der Waals surface area contributed by atoms with Gasteiger partial charge >= 0.3 is 0 Å². The first kappa shape index (κ1) is 17.1. The van der Waals surface area contributed by atoms with E-state index in [2.05, 4.69) is 48.1 Å². The molecular weight excluding hydrogens is 336 g/mol. The molecule has 0 amide bonds. The van der Waals surface area contributed by atoms with Crippen LogP contribution in [0.2, 0.25) is 0 Å². The molecule has 126 valence electrons. The van der Waals surface area contributed by atoms with Crippen molar-refractivity contribution in [3.05, 3.63) is 67.8 Å². The Bertz CT molecular complexity index is 744. The fraction of sp³-hybridized carbons (Fsp3) is 0.316. The monoisotopic (exact) mass is 358 g/mol.